The lowest BCUT2D eigenvalue weighted by molar-refractivity contribution is -0.139. The second kappa shape index (κ2) is 10.3. The van der Waals surface area contributed by atoms with Gasteiger partial charge in [0.15, 0.2) is 5.82 Å². The third kappa shape index (κ3) is 4.59. The van der Waals surface area contributed by atoms with Gasteiger partial charge in [0.25, 0.3) is 0 Å². The van der Waals surface area contributed by atoms with E-state index in [0.29, 0.717) is 19.6 Å². The molecule has 1 atom stereocenters. The normalized spacial score (nSPS) is 20.1. The highest BCUT2D eigenvalue weighted by Gasteiger charge is 2.45. The highest BCUT2D eigenvalue weighted by atomic mass is 19.4. The minimum Gasteiger partial charge on any atom is -0.461 e. The number of nitrogens with one attached hydrogen (secondary N) is 1. The van der Waals surface area contributed by atoms with Crippen LogP contribution in [0.2, 0.25) is 0 Å². The lowest BCUT2D eigenvalue weighted by Gasteiger charge is -2.40. The first-order valence-corrected chi connectivity index (χ1v) is 13.7. The van der Waals surface area contributed by atoms with Crippen LogP contribution in [0, 0.1) is 0 Å². The van der Waals surface area contributed by atoms with E-state index >= 15 is 0 Å². The number of benzene rings is 1. The molecular weight excluding hydrogens is 544 g/mol. The molecule has 1 unspecified atom stereocenters. The summed E-state index contributed by atoms with van der Waals surface area (Å²) in [6, 6.07) is 6.33. The first-order valence-electron chi connectivity index (χ1n) is 13.7. The summed E-state index contributed by atoms with van der Waals surface area (Å²) in [5.74, 6) is 0.396. The fourth-order valence-electron chi connectivity index (χ4n) is 6.42. The Balaban J connectivity index is 0.00000148. The number of hydrogen-bond acceptors (Lipinski definition) is 8. The predicted molar refractivity (Wildman–Crippen MR) is 145 cm³/mol. The lowest BCUT2D eigenvalue weighted by Crippen LogP contribution is -2.47. The summed E-state index contributed by atoms with van der Waals surface area (Å²) < 4.78 is 62.6. The Kier molecular flexibility index (Phi) is 6.87. The van der Waals surface area contributed by atoms with Crippen molar-refractivity contribution in [2.24, 2.45) is 0 Å². The molecule has 1 aromatic carbocycles. The molecule has 7 rings (SSSR count). The average Bonchev–Trinajstić information content (AvgIpc) is 3.66. The van der Waals surface area contributed by atoms with Crippen LogP contribution in [0.3, 0.4) is 0 Å². The Morgan fingerprint density at radius 3 is 2.51 bits per heavy atom. The number of nitrogens with zero attached hydrogens (tertiary/aromatic N) is 5. The molecular formula is C28H30F4N6O3. The number of aromatic nitrogens is 4. The molecule has 3 aromatic heterocycles. The fraction of sp³-hybridized carbons (Fsp3) is 0.500. The Labute approximate surface area is 232 Å². The van der Waals surface area contributed by atoms with Crippen LogP contribution >= 0.6 is 0 Å². The summed E-state index contributed by atoms with van der Waals surface area (Å²) in [6.07, 6.45) is 0.650. The molecule has 4 aromatic rings. The van der Waals surface area contributed by atoms with E-state index in [0.717, 1.165) is 51.7 Å². The number of rotatable bonds is 5. The van der Waals surface area contributed by atoms with Crippen molar-refractivity contribution in [1.29, 1.82) is 0 Å². The van der Waals surface area contributed by atoms with Gasteiger partial charge in [0.2, 0.25) is 0 Å². The summed E-state index contributed by atoms with van der Waals surface area (Å²) >= 11 is 0. The largest absolute Gasteiger partial charge is 0.461 e. The van der Waals surface area contributed by atoms with Gasteiger partial charge in [-0.3, -0.25) is 14.4 Å². The van der Waals surface area contributed by atoms with Crippen molar-refractivity contribution in [2.75, 3.05) is 38.3 Å². The Hall–Kier alpha value is -3.74. The van der Waals surface area contributed by atoms with E-state index in [1.165, 1.54) is 18.2 Å². The van der Waals surface area contributed by atoms with Gasteiger partial charge < -0.3 is 14.1 Å². The van der Waals surface area contributed by atoms with E-state index in [2.05, 4.69) is 25.1 Å². The van der Waals surface area contributed by atoms with Crippen LogP contribution in [-0.4, -0.2) is 70.1 Å². The molecule has 6 heterocycles. The second-order valence-corrected chi connectivity index (χ2v) is 10.8. The molecule has 0 spiro atoms. The third-order valence-corrected chi connectivity index (χ3v) is 8.57. The van der Waals surface area contributed by atoms with Crippen LogP contribution in [0.25, 0.3) is 33.1 Å². The zero-order valence-electron chi connectivity index (χ0n) is 22.7. The van der Waals surface area contributed by atoms with Crippen molar-refractivity contribution >= 4 is 27.6 Å². The minimum atomic E-state index is -4.67. The van der Waals surface area contributed by atoms with Crippen LogP contribution in [0.15, 0.2) is 33.5 Å². The first-order chi connectivity index (χ1) is 19.7. The summed E-state index contributed by atoms with van der Waals surface area (Å²) in [5, 5.41) is 5.90. The number of alkyl halides is 4. The predicted octanol–water partition coefficient (Wildman–Crippen LogP) is 5.34. The van der Waals surface area contributed by atoms with Gasteiger partial charge in [-0.25, -0.2) is 4.79 Å². The van der Waals surface area contributed by atoms with Crippen molar-refractivity contribution < 1.29 is 26.7 Å². The van der Waals surface area contributed by atoms with Gasteiger partial charge in [0, 0.05) is 29.6 Å². The van der Waals surface area contributed by atoms with Gasteiger partial charge >= 0.3 is 17.8 Å². The number of hydrogen-bond donors (Lipinski definition) is 1. The molecule has 0 saturated carbocycles. The molecule has 3 saturated heterocycles. The Bertz CT molecular complexity index is 1640. The van der Waals surface area contributed by atoms with E-state index < -0.39 is 17.5 Å². The maximum absolute atomic E-state index is 13.8. The van der Waals surface area contributed by atoms with Crippen LogP contribution < -0.4 is 15.3 Å². The van der Waals surface area contributed by atoms with Crippen molar-refractivity contribution in [1.82, 2.24) is 25.1 Å². The number of anilines is 1. The fourth-order valence-corrected chi connectivity index (χ4v) is 6.42. The van der Waals surface area contributed by atoms with Crippen molar-refractivity contribution in [2.45, 2.75) is 56.8 Å². The monoisotopic (exact) mass is 574 g/mol. The zero-order valence-corrected chi connectivity index (χ0v) is 22.7. The van der Waals surface area contributed by atoms with Gasteiger partial charge in [-0.1, -0.05) is 12.1 Å². The Morgan fingerprint density at radius 1 is 1.10 bits per heavy atom. The standard InChI is InChI=1S/C27H27F3N6O3.CH3F/c1-15-7-12-36(15)23-21-18(31-25(32-23)38-14-26-8-3-10-35(26)11-4-9-26)13-19(39-24(21)37)16-5-2-6-17-20(16)22(34-33-17)27(28,29)30;1-2/h2,5-6,13,15H,3-4,7-12,14H2,1H3,(H,33,34);1H3. The number of aromatic amines is 1. The summed E-state index contributed by atoms with van der Waals surface area (Å²) in [7, 11) is 0.500. The van der Waals surface area contributed by atoms with E-state index in [9.17, 15) is 22.4 Å². The summed E-state index contributed by atoms with van der Waals surface area (Å²) in [6.45, 7) is 5.32. The quantitative estimate of drug-likeness (QED) is 0.319. The van der Waals surface area contributed by atoms with Crippen molar-refractivity contribution in [3.8, 4) is 17.3 Å². The van der Waals surface area contributed by atoms with Crippen LogP contribution in [0.4, 0.5) is 23.4 Å². The molecule has 0 bridgehead atoms. The molecule has 3 fully saturated rings. The van der Waals surface area contributed by atoms with E-state index in [-0.39, 0.29) is 50.7 Å². The molecule has 0 radical (unpaired) electrons. The topological polar surface area (TPSA) is 100 Å². The molecule has 0 amide bonds. The smallest absolute Gasteiger partial charge is 0.433 e. The number of ether oxygens (including phenoxy) is 1. The summed E-state index contributed by atoms with van der Waals surface area (Å²) in [4.78, 5) is 27.1. The summed E-state index contributed by atoms with van der Waals surface area (Å²) in [5.41, 5.74) is -1.26. The van der Waals surface area contributed by atoms with E-state index in [4.69, 9.17) is 9.15 Å². The van der Waals surface area contributed by atoms with Crippen molar-refractivity contribution in [3.05, 3.63) is 40.4 Å². The molecule has 218 valence electrons. The molecule has 13 heteroatoms. The van der Waals surface area contributed by atoms with Crippen LogP contribution in [0.1, 0.15) is 44.7 Å². The zero-order chi connectivity index (χ0) is 28.9. The average molecular weight is 575 g/mol. The molecule has 3 aliphatic rings. The number of halogens is 4. The van der Waals surface area contributed by atoms with Gasteiger partial charge in [0.1, 0.15) is 23.4 Å². The maximum Gasteiger partial charge on any atom is 0.433 e. The van der Waals surface area contributed by atoms with Crippen molar-refractivity contribution in [3.63, 3.8) is 0 Å². The Morgan fingerprint density at radius 2 is 1.85 bits per heavy atom. The third-order valence-electron chi connectivity index (χ3n) is 8.57. The first kappa shape index (κ1) is 27.4. The highest BCUT2D eigenvalue weighted by molar-refractivity contribution is 5.98. The van der Waals surface area contributed by atoms with E-state index in [1.807, 2.05) is 11.8 Å². The van der Waals surface area contributed by atoms with Gasteiger partial charge in [0.05, 0.1) is 23.7 Å². The molecule has 41 heavy (non-hydrogen) atoms. The van der Waals surface area contributed by atoms with Gasteiger partial charge in [-0.2, -0.15) is 28.2 Å². The van der Waals surface area contributed by atoms with Crippen LogP contribution in [-0.2, 0) is 6.18 Å². The molecule has 1 N–H and O–H groups in total. The highest BCUT2D eigenvalue weighted by Crippen LogP contribution is 2.41. The molecule has 0 aliphatic carbocycles. The van der Waals surface area contributed by atoms with Gasteiger partial charge in [-0.05, 0) is 58.2 Å². The SMILES string of the molecule is CC1CCN1c1nc(OCC23CCCN2CCC3)nc2cc(-c3cccc4n[nH]c(C(F)(F)F)c34)oc(=O)c12.CF. The molecule has 9 nitrogen and oxygen atoms in total. The lowest BCUT2D eigenvalue weighted by atomic mass is 9.95. The number of fused-ring (bicyclic) bond motifs is 3. The maximum atomic E-state index is 13.8. The second-order valence-electron chi connectivity index (χ2n) is 10.8. The van der Waals surface area contributed by atoms with E-state index in [1.54, 1.807) is 6.07 Å². The van der Waals surface area contributed by atoms with Gasteiger partial charge in [-0.15, -0.1) is 0 Å². The number of H-pyrrole nitrogens is 1. The molecule has 3 aliphatic heterocycles. The minimum absolute atomic E-state index is 0.0195. The van der Waals surface area contributed by atoms with Crippen LogP contribution in [0.5, 0.6) is 6.01 Å².